The van der Waals surface area contributed by atoms with Gasteiger partial charge in [-0.05, 0) is 44.9 Å². The van der Waals surface area contributed by atoms with Crippen LogP contribution >= 0.6 is 0 Å². The minimum atomic E-state index is -3.91. The van der Waals surface area contributed by atoms with Gasteiger partial charge in [-0.1, -0.05) is 80.5 Å². The van der Waals surface area contributed by atoms with E-state index in [2.05, 4.69) is 63.9 Å². The van der Waals surface area contributed by atoms with Gasteiger partial charge in [-0.25, -0.2) is 8.37 Å². The van der Waals surface area contributed by atoms with Gasteiger partial charge in [0.25, 0.3) is 0 Å². The number of allylic oxidation sites excluding steroid dienone is 10. The number of unbranched alkanes of at least 4 members (excludes halogenated alkanes) is 3. The molecule has 1 rings (SSSR count). The van der Waals surface area contributed by atoms with Crippen molar-refractivity contribution in [1.29, 1.82) is 0 Å². The molecule has 0 aromatic heterocycles. The molecule has 7 heteroatoms. The van der Waals surface area contributed by atoms with Gasteiger partial charge in [0.05, 0.1) is 6.61 Å². The zero-order valence-electron chi connectivity index (χ0n) is 19.2. The molecule has 0 N–H and O–H groups in total. The van der Waals surface area contributed by atoms with Gasteiger partial charge >= 0.3 is 16.4 Å². The van der Waals surface area contributed by atoms with Crippen LogP contribution in [0.25, 0.3) is 0 Å². The molecule has 1 atom stereocenters. The van der Waals surface area contributed by atoms with Crippen molar-refractivity contribution in [3.05, 3.63) is 60.8 Å². The highest BCUT2D eigenvalue weighted by Gasteiger charge is 2.30. The van der Waals surface area contributed by atoms with Gasteiger partial charge in [0.15, 0.2) is 0 Å². The Balaban J connectivity index is 1.95. The molecular weight excluding hydrogens is 428 g/mol. The van der Waals surface area contributed by atoms with Gasteiger partial charge < -0.3 is 4.74 Å². The van der Waals surface area contributed by atoms with Crippen molar-refractivity contribution in [2.24, 2.45) is 0 Å². The molecule has 0 bridgehead atoms. The molecule has 1 aliphatic rings. The lowest BCUT2D eigenvalue weighted by atomic mass is 10.2. The summed E-state index contributed by atoms with van der Waals surface area (Å²) < 4.78 is 35.9. The van der Waals surface area contributed by atoms with Crippen molar-refractivity contribution in [3.63, 3.8) is 0 Å². The molecule has 1 saturated heterocycles. The SMILES string of the molecule is CCCCCC=CCC=CCC=CCC=CCC=CCCC(=O)OCC1COS(=O)(=O)O1. The van der Waals surface area contributed by atoms with E-state index in [1.54, 1.807) is 0 Å². The maximum absolute atomic E-state index is 11.6. The Morgan fingerprint density at radius 3 is 1.88 bits per heavy atom. The highest BCUT2D eigenvalue weighted by atomic mass is 32.3. The summed E-state index contributed by atoms with van der Waals surface area (Å²) in [5.74, 6) is -0.389. The second-order valence-corrected chi connectivity index (χ2v) is 8.67. The van der Waals surface area contributed by atoms with Gasteiger partial charge in [0, 0.05) is 6.42 Å². The summed E-state index contributed by atoms with van der Waals surface area (Å²) in [4.78, 5) is 11.6. The third-order valence-electron chi connectivity index (χ3n) is 4.49. The monoisotopic (exact) mass is 466 g/mol. The highest BCUT2D eigenvalue weighted by molar-refractivity contribution is 7.82. The van der Waals surface area contributed by atoms with Crippen molar-refractivity contribution in [1.82, 2.24) is 0 Å². The third kappa shape index (κ3) is 16.7. The standard InChI is InChI=1S/C25H38O6S/c1-2-3-4-5-6-7-8-9-10-11-12-13-14-15-16-17-18-19-20-21-25(26)29-22-24-23-30-32(27,28)31-24/h6-7,9-10,12-13,15-16,18-19,24H,2-5,8,11,14,17,20-23H2,1H3. The summed E-state index contributed by atoms with van der Waals surface area (Å²) in [7, 11) is -3.91. The molecule has 0 aliphatic carbocycles. The van der Waals surface area contributed by atoms with Crippen molar-refractivity contribution < 1.29 is 26.3 Å². The van der Waals surface area contributed by atoms with Crippen LogP contribution in [0.15, 0.2) is 60.8 Å². The first-order valence-corrected chi connectivity index (χ1v) is 12.8. The number of esters is 1. The van der Waals surface area contributed by atoms with Crippen molar-refractivity contribution in [3.8, 4) is 0 Å². The van der Waals surface area contributed by atoms with E-state index < -0.39 is 16.5 Å². The van der Waals surface area contributed by atoms with E-state index in [0.29, 0.717) is 6.42 Å². The lowest BCUT2D eigenvalue weighted by molar-refractivity contribution is -0.145. The summed E-state index contributed by atoms with van der Waals surface area (Å²) in [6.45, 7) is 1.98. The van der Waals surface area contributed by atoms with Crippen LogP contribution in [0.4, 0.5) is 0 Å². The van der Waals surface area contributed by atoms with E-state index in [1.807, 2.05) is 12.2 Å². The molecule has 1 heterocycles. The number of carbonyl (C=O) groups is 1. The van der Waals surface area contributed by atoms with Crippen LogP contribution in [0, 0.1) is 0 Å². The van der Waals surface area contributed by atoms with Gasteiger partial charge in [0.1, 0.15) is 12.7 Å². The summed E-state index contributed by atoms with van der Waals surface area (Å²) in [6.07, 6.45) is 30.3. The molecule has 0 radical (unpaired) electrons. The van der Waals surface area contributed by atoms with Gasteiger partial charge in [-0.15, -0.1) is 0 Å². The average molecular weight is 467 g/mol. The van der Waals surface area contributed by atoms with E-state index in [4.69, 9.17) is 4.74 Å². The molecule has 1 aliphatic heterocycles. The molecule has 1 unspecified atom stereocenters. The Labute approximate surface area is 194 Å². The van der Waals surface area contributed by atoms with Gasteiger partial charge in [0.2, 0.25) is 0 Å². The topological polar surface area (TPSA) is 78.9 Å². The van der Waals surface area contributed by atoms with Crippen molar-refractivity contribution >= 4 is 16.4 Å². The quantitative estimate of drug-likeness (QED) is 0.151. The fourth-order valence-corrected chi connectivity index (χ4v) is 3.57. The maximum atomic E-state index is 11.6. The molecule has 0 aromatic rings. The van der Waals surface area contributed by atoms with Gasteiger partial charge in [-0.2, -0.15) is 8.42 Å². The zero-order valence-corrected chi connectivity index (χ0v) is 20.0. The summed E-state index contributed by atoms with van der Waals surface area (Å²) in [5.41, 5.74) is 0. The van der Waals surface area contributed by atoms with Crippen molar-refractivity contribution in [2.45, 2.75) is 77.2 Å². The second kappa shape index (κ2) is 18.6. The second-order valence-electron chi connectivity index (χ2n) is 7.43. The van der Waals surface area contributed by atoms with E-state index >= 15 is 0 Å². The largest absolute Gasteiger partial charge is 0.463 e. The van der Waals surface area contributed by atoms with Crippen LogP contribution < -0.4 is 0 Å². The first kappa shape index (κ1) is 28.1. The molecule has 1 fully saturated rings. The lowest BCUT2D eigenvalue weighted by Crippen LogP contribution is -2.20. The molecule has 6 nitrogen and oxygen atoms in total. The fraction of sp³-hybridized carbons (Fsp3) is 0.560. The number of carbonyl (C=O) groups excluding carboxylic acids is 1. The number of hydrogen-bond donors (Lipinski definition) is 0. The molecule has 0 aromatic carbocycles. The van der Waals surface area contributed by atoms with E-state index in [1.165, 1.54) is 25.7 Å². The molecular formula is C25H38O6S. The molecule has 0 saturated carbocycles. The number of hydrogen-bond acceptors (Lipinski definition) is 6. The predicted octanol–water partition coefficient (Wildman–Crippen LogP) is 5.89. The van der Waals surface area contributed by atoms with Crippen molar-refractivity contribution in [2.75, 3.05) is 13.2 Å². The number of ether oxygens (including phenoxy) is 1. The minimum absolute atomic E-state index is 0.120. The summed E-state index contributed by atoms with van der Waals surface area (Å²) >= 11 is 0. The predicted molar refractivity (Wildman–Crippen MR) is 128 cm³/mol. The average Bonchev–Trinajstić information content (AvgIpc) is 3.12. The van der Waals surface area contributed by atoms with Gasteiger partial charge in [-0.3, -0.25) is 4.79 Å². The van der Waals surface area contributed by atoms with E-state index in [-0.39, 0.29) is 25.6 Å². The Kier molecular flexibility index (Phi) is 16.3. The Bertz CT molecular complexity index is 746. The van der Waals surface area contributed by atoms with Crippen LogP contribution in [0.1, 0.15) is 71.1 Å². The van der Waals surface area contributed by atoms with E-state index in [0.717, 1.165) is 25.7 Å². The molecule has 0 spiro atoms. The normalized spacial score (nSPS) is 18.8. The van der Waals surface area contributed by atoms with Crippen LogP contribution in [-0.4, -0.2) is 33.7 Å². The smallest absolute Gasteiger partial charge is 0.400 e. The highest BCUT2D eigenvalue weighted by Crippen LogP contribution is 2.13. The Morgan fingerprint density at radius 1 is 0.844 bits per heavy atom. The first-order chi connectivity index (χ1) is 15.5. The van der Waals surface area contributed by atoms with Crippen LogP contribution in [-0.2, 0) is 28.3 Å². The number of rotatable bonds is 17. The fourth-order valence-electron chi connectivity index (χ4n) is 2.75. The molecule has 180 valence electrons. The summed E-state index contributed by atoms with van der Waals surface area (Å²) in [6, 6.07) is 0. The van der Waals surface area contributed by atoms with E-state index in [9.17, 15) is 13.2 Å². The zero-order chi connectivity index (χ0) is 23.3. The third-order valence-corrected chi connectivity index (χ3v) is 5.43. The minimum Gasteiger partial charge on any atom is -0.463 e. The first-order valence-electron chi connectivity index (χ1n) is 11.5. The lowest BCUT2D eigenvalue weighted by Gasteiger charge is -2.06. The Hall–Kier alpha value is -1.96. The summed E-state index contributed by atoms with van der Waals surface area (Å²) in [5, 5.41) is 0. The van der Waals surface area contributed by atoms with Crippen LogP contribution in [0.3, 0.4) is 0 Å². The Morgan fingerprint density at radius 2 is 1.38 bits per heavy atom. The maximum Gasteiger partial charge on any atom is 0.400 e. The van der Waals surface area contributed by atoms with Crippen LogP contribution in [0.2, 0.25) is 0 Å². The molecule has 32 heavy (non-hydrogen) atoms. The molecule has 0 amide bonds. The van der Waals surface area contributed by atoms with Crippen LogP contribution in [0.5, 0.6) is 0 Å².